The Morgan fingerprint density at radius 3 is 2.18 bits per heavy atom. The van der Waals surface area contributed by atoms with Gasteiger partial charge in [0.2, 0.25) is 5.91 Å². The number of guanidine groups is 1. The minimum Gasteiger partial charge on any atom is -0.370 e. The summed E-state index contributed by atoms with van der Waals surface area (Å²) in [7, 11) is 0. The highest BCUT2D eigenvalue weighted by atomic mass is 16.1. The van der Waals surface area contributed by atoms with E-state index >= 15 is 0 Å². The molecular weight excluding hydrogens is 146 g/mol. The number of carbonyl (C=O) groups is 2. The minimum absolute atomic E-state index is 0.0517. The zero-order valence-corrected chi connectivity index (χ0v) is 6.33. The van der Waals surface area contributed by atoms with E-state index in [0.717, 1.165) is 0 Å². The van der Waals surface area contributed by atoms with Crippen molar-refractivity contribution in [3.63, 3.8) is 0 Å². The molecule has 0 unspecified atom stereocenters. The molecule has 5 nitrogen and oxygen atoms in total. The maximum atomic E-state index is 10.7. The third-order valence-electron chi connectivity index (χ3n) is 0.945. The number of hydrogen-bond acceptors (Lipinski definition) is 2. The second-order valence-electron chi connectivity index (χ2n) is 2.13. The van der Waals surface area contributed by atoms with Crippen LogP contribution in [-0.2, 0) is 9.59 Å². The first-order valence-corrected chi connectivity index (χ1v) is 3.14. The molecule has 0 saturated heterocycles. The summed E-state index contributed by atoms with van der Waals surface area (Å²) >= 11 is 0. The molecule has 5 heteroatoms. The van der Waals surface area contributed by atoms with Gasteiger partial charge in [0.25, 0.3) is 0 Å². The van der Waals surface area contributed by atoms with Gasteiger partial charge in [0.05, 0.1) is 0 Å². The highest BCUT2D eigenvalue weighted by Gasteiger charge is 2.01. The maximum absolute atomic E-state index is 10.7. The van der Waals surface area contributed by atoms with Crippen LogP contribution in [0.15, 0.2) is 4.99 Å². The van der Waals surface area contributed by atoms with Crippen LogP contribution in [0, 0.1) is 0 Å². The lowest BCUT2D eigenvalue weighted by molar-refractivity contribution is -0.122. The van der Waals surface area contributed by atoms with Crippen molar-refractivity contribution in [1.82, 2.24) is 0 Å². The summed E-state index contributed by atoms with van der Waals surface area (Å²) in [5.74, 6) is -0.775. The maximum Gasteiger partial charge on any atom is 0.249 e. The molecule has 0 heterocycles. The first-order chi connectivity index (χ1) is 5.02. The van der Waals surface area contributed by atoms with E-state index in [4.69, 9.17) is 11.5 Å². The van der Waals surface area contributed by atoms with Gasteiger partial charge in [-0.05, 0) is 6.92 Å². The first-order valence-electron chi connectivity index (χ1n) is 3.14. The van der Waals surface area contributed by atoms with Crippen molar-refractivity contribution < 1.29 is 9.59 Å². The highest BCUT2D eigenvalue weighted by molar-refractivity contribution is 5.93. The lowest BCUT2D eigenvalue weighted by Crippen LogP contribution is -2.24. The van der Waals surface area contributed by atoms with Crippen LogP contribution in [0.3, 0.4) is 0 Å². The van der Waals surface area contributed by atoms with Crippen molar-refractivity contribution in [1.29, 1.82) is 0 Å². The van der Waals surface area contributed by atoms with Crippen molar-refractivity contribution in [2.24, 2.45) is 16.5 Å². The molecular formula is C6H11N3O2. The zero-order valence-electron chi connectivity index (χ0n) is 6.33. The summed E-state index contributed by atoms with van der Waals surface area (Å²) in [5.41, 5.74) is 9.84. The summed E-state index contributed by atoms with van der Waals surface area (Å²) in [5, 5.41) is 0. The summed E-state index contributed by atoms with van der Waals surface area (Å²) in [6.07, 6.45) is 0.267. The lowest BCUT2D eigenvalue weighted by atomic mass is 10.2. The molecule has 0 rings (SSSR count). The SMILES string of the molecule is CC(=O)CCC(=O)N=C(N)N. The van der Waals surface area contributed by atoms with E-state index in [-0.39, 0.29) is 24.6 Å². The topological polar surface area (TPSA) is 98.5 Å². The van der Waals surface area contributed by atoms with E-state index < -0.39 is 5.91 Å². The largest absolute Gasteiger partial charge is 0.370 e. The molecule has 0 atom stereocenters. The van der Waals surface area contributed by atoms with Gasteiger partial charge in [0.1, 0.15) is 5.78 Å². The van der Waals surface area contributed by atoms with Crippen LogP contribution >= 0.6 is 0 Å². The summed E-state index contributed by atoms with van der Waals surface area (Å²) in [4.78, 5) is 24.3. The fourth-order valence-corrected chi connectivity index (χ4v) is 0.483. The van der Waals surface area contributed by atoms with E-state index in [9.17, 15) is 9.59 Å². The van der Waals surface area contributed by atoms with Gasteiger partial charge >= 0.3 is 0 Å². The minimum atomic E-state index is -0.458. The summed E-state index contributed by atoms with van der Waals surface area (Å²) in [6.45, 7) is 1.41. The smallest absolute Gasteiger partial charge is 0.249 e. The van der Waals surface area contributed by atoms with Crippen LogP contribution in [0.2, 0.25) is 0 Å². The van der Waals surface area contributed by atoms with Crippen LogP contribution in [0.4, 0.5) is 0 Å². The Morgan fingerprint density at radius 1 is 1.27 bits per heavy atom. The number of rotatable bonds is 3. The summed E-state index contributed by atoms with van der Waals surface area (Å²) in [6, 6.07) is 0. The van der Waals surface area contributed by atoms with Crippen molar-refractivity contribution in [2.45, 2.75) is 19.8 Å². The molecule has 0 aromatic carbocycles. The molecule has 0 fully saturated rings. The van der Waals surface area contributed by atoms with Crippen molar-refractivity contribution >= 4 is 17.6 Å². The van der Waals surface area contributed by atoms with Crippen molar-refractivity contribution in [3.8, 4) is 0 Å². The molecule has 0 aromatic rings. The number of Topliss-reactive ketones (excluding diaryl/α,β-unsaturated/α-hetero) is 1. The third-order valence-corrected chi connectivity index (χ3v) is 0.945. The van der Waals surface area contributed by atoms with Gasteiger partial charge in [-0.3, -0.25) is 4.79 Å². The Labute approximate surface area is 64.5 Å². The Hall–Kier alpha value is -1.39. The fraction of sp³-hybridized carbons (Fsp3) is 0.500. The van der Waals surface area contributed by atoms with E-state index in [0.29, 0.717) is 0 Å². The summed E-state index contributed by atoms with van der Waals surface area (Å²) < 4.78 is 0. The average molecular weight is 157 g/mol. The molecule has 0 bridgehead atoms. The second kappa shape index (κ2) is 4.43. The van der Waals surface area contributed by atoms with Crippen LogP contribution in [0.5, 0.6) is 0 Å². The normalized spacial score (nSPS) is 8.82. The van der Waals surface area contributed by atoms with Crippen LogP contribution in [0.1, 0.15) is 19.8 Å². The molecule has 4 N–H and O–H groups in total. The molecule has 11 heavy (non-hydrogen) atoms. The predicted molar refractivity (Wildman–Crippen MR) is 40.7 cm³/mol. The Morgan fingerprint density at radius 2 is 1.82 bits per heavy atom. The van der Waals surface area contributed by atoms with E-state index in [1.54, 1.807) is 0 Å². The van der Waals surface area contributed by atoms with E-state index in [1.165, 1.54) is 6.92 Å². The number of nitrogens with two attached hydrogens (primary N) is 2. The molecule has 0 aliphatic carbocycles. The molecule has 0 spiro atoms. The average Bonchev–Trinajstić information content (AvgIpc) is 1.82. The van der Waals surface area contributed by atoms with E-state index in [2.05, 4.69) is 4.99 Å². The van der Waals surface area contributed by atoms with Gasteiger partial charge in [-0.15, -0.1) is 0 Å². The van der Waals surface area contributed by atoms with Crippen LogP contribution in [0.25, 0.3) is 0 Å². The Bertz CT molecular complexity index is 194. The molecule has 0 radical (unpaired) electrons. The Balaban J connectivity index is 3.71. The Kier molecular flexibility index (Phi) is 3.87. The van der Waals surface area contributed by atoms with E-state index in [1.807, 2.05) is 0 Å². The molecule has 0 aliphatic rings. The van der Waals surface area contributed by atoms with Gasteiger partial charge in [-0.1, -0.05) is 0 Å². The quantitative estimate of drug-likeness (QED) is 0.412. The van der Waals surface area contributed by atoms with Gasteiger partial charge in [-0.2, -0.15) is 4.99 Å². The third kappa shape index (κ3) is 6.50. The standard InChI is InChI=1S/C6H11N3O2/c1-4(10)2-3-5(11)9-6(7)8/h2-3H2,1H3,(H4,7,8,9,11). The van der Waals surface area contributed by atoms with Crippen LogP contribution in [-0.4, -0.2) is 17.6 Å². The van der Waals surface area contributed by atoms with Crippen LogP contribution < -0.4 is 11.5 Å². The molecule has 0 aliphatic heterocycles. The number of nitrogens with zero attached hydrogens (tertiary/aromatic N) is 1. The zero-order chi connectivity index (χ0) is 8.85. The predicted octanol–water partition coefficient (Wildman–Crippen LogP) is -0.844. The van der Waals surface area contributed by atoms with Gasteiger partial charge in [0, 0.05) is 12.8 Å². The van der Waals surface area contributed by atoms with Crippen molar-refractivity contribution in [3.05, 3.63) is 0 Å². The first kappa shape index (κ1) is 9.61. The monoisotopic (exact) mass is 157 g/mol. The van der Waals surface area contributed by atoms with Gasteiger partial charge < -0.3 is 16.3 Å². The number of carbonyl (C=O) groups excluding carboxylic acids is 2. The molecule has 0 saturated carbocycles. The number of hydrogen-bond donors (Lipinski definition) is 2. The highest BCUT2D eigenvalue weighted by Crippen LogP contribution is 1.92. The number of aliphatic imine (C=N–C) groups is 1. The fourth-order valence-electron chi connectivity index (χ4n) is 0.483. The molecule has 1 amide bonds. The number of ketones is 1. The second-order valence-corrected chi connectivity index (χ2v) is 2.13. The number of amides is 1. The van der Waals surface area contributed by atoms with Gasteiger partial charge in [0.15, 0.2) is 5.96 Å². The molecule has 62 valence electrons. The molecule has 0 aromatic heterocycles. The van der Waals surface area contributed by atoms with Crippen molar-refractivity contribution in [2.75, 3.05) is 0 Å². The lowest BCUT2D eigenvalue weighted by Gasteiger charge is -1.91. The van der Waals surface area contributed by atoms with Gasteiger partial charge in [-0.25, -0.2) is 0 Å².